The Morgan fingerprint density at radius 3 is 2.85 bits per heavy atom. The van der Waals surface area contributed by atoms with Crippen molar-refractivity contribution >= 4 is 11.6 Å². The van der Waals surface area contributed by atoms with Gasteiger partial charge in [-0.2, -0.15) is 5.10 Å². The smallest absolute Gasteiger partial charge is 0.151 e. The third-order valence-electron chi connectivity index (χ3n) is 1.66. The van der Waals surface area contributed by atoms with Crippen LogP contribution in [0.1, 0.15) is 5.69 Å². The van der Waals surface area contributed by atoms with E-state index in [1.807, 2.05) is 24.4 Å². The monoisotopic (exact) mass is 193 g/mol. The van der Waals surface area contributed by atoms with Gasteiger partial charge in [0.2, 0.25) is 0 Å². The minimum Gasteiger partial charge on any atom is -0.265 e. The number of hydrogen-bond acceptors (Lipinski definition) is 2. The number of rotatable bonds is 2. The highest BCUT2D eigenvalue weighted by atomic mass is 35.5. The first-order valence-corrected chi connectivity index (χ1v) is 4.31. The third-order valence-corrected chi connectivity index (χ3v) is 1.86. The van der Waals surface area contributed by atoms with Gasteiger partial charge in [-0.1, -0.05) is 17.7 Å². The van der Waals surface area contributed by atoms with Crippen molar-refractivity contribution in [1.82, 2.24) is 14.8 Å². The molecule has 2 heterocycles. The van der Waals surface area contributed by atoms with Gasteiger partial charge in [-0.25, -0.2) is 0 Å². The van der Waals surface area contributed by atoms with Crippen LogP contribution in [0, 0.1) is 0 Å². The molecule has 2 rings (SSSR count). The van der Waals surface area contributed by atoms with Gasteiger partial charge in [0.1, 0.15) is 0 Å². The van der Waals surface area contributed by atoms with E-state index < -0.39 is 0 Å². The second-order valence-corrected chi connectivity index (χ2v) is 3.04. The summed E-state index contributed by atoms with van der Waals surface area (Å²) in [5, 5.41) is 4.56. The van der Waals surface area contributed by atoms with Gasteiger partial charge in [-0.15, -0.1) is 0 Å². The molecule has 0 spiro atoms. The number of halogens is 1. The van der Waals surface area contributed by atoms with Crippen LogP contribution >= 0.6 is 11.6 Å². The van der Waals surface area contributed by atoms with E-state index in [1.54, 1.807) is 16.9 Å². The molecule has 2 aromatic rings. The highest BCUT2D eigenvalue weighted by Crippen LogP contribution is 2.04. The summed E-state index contributed by atoms with van der Waals surface area (Å²) in [5.41, 5.74) is 0.974. The van der Waals surface area contributed by atoms with Crippen LogP contribution in [0.5, 0.6) is 0 Å². The lowest BCUT2D eigenvalue weighted by atomic mass is 10.3. The van der Waals surface area contributed by atoms with Gasteiger partial charge in [0.25, 0.3) is 0 Å². The minimum absolute atomic E-state index is 0.510. The van der Waals surface area contributed by atoms with Crippen molar-refractivity contribution in [3.8, 4) is 0 Å². The average Bonchev–Trinajstić information content (AvgIpc) is 2.53. The molecule has 0 atom stereocenters. The first-order valence-electron chi connectivity index (χ1n) is 3.93. The van der Waals surface area contributed by atoms with E-state index in [0.717, 1.165) is 5.69 Å². The molecule has 3 nitrogen and oxygen atoms in total. The number of hydrogen-bond donors (Lipinski definition) is 0. The molecule has 0 aliphatic rings. The topological polar surface area (TPSA) is 30.7 Å². The van der Waals surface area contributed by atoms with E-state index >= 15 is 0 Å². The normalized spacial score (nSPS) is 10.2. The van der Waals surface area contributed by atoms with Gasteiger partial charge in [0.05, 0.1) is 12.2 Å². The Bertz CT molecular complexity index is 383. The van der Waals surface area contributed by atoms with Crippen molar-refractivity contribution in [1.29, 1.82) is 0 Å². The summed E-state index contributed by atoms with van der Waals surface area (Å²) < 4.78 is 1.75. The molecule has 13 heavy (non-hydrogen) atoms. The Morgan fingerprint density at radius 2 is 2.23 bits per heavy atom. The fourth-order valence-electron chi connectivity index (χ4n) is 1.08. The average molecular weight is 194 g/mol. The van der Waals surface area contributed by atoms with E-state index in [0.29, 0.717) is 11.7 Å². The van der Waals surface area contributed by atoms with E-state index in [-0.39, 0.29) is 0 Å². The molecule has 0 radical (unpaired) electrons. The lowest BCUT2D eigenvalue weighted by molar-refractivity contribution is 0.673. The summed E-state index contributed by atoms with van der Waals surface area (Å²) in [6.45, 7) is 0.660. The van der Waals surface area contributed by atoms with Crippen molar-refractivity contribution < 1.29 is 0 Å². The van der Waals surface area contributed by atoms with Gasteiger partial charge >= 0.3 is 0 Å². The molecule has 0 N–H and O–H groups in total. The van der Waals surface area contributed by atoms with Crippen LogP contribution in [0.3, 0.4) is 0 Å². The molecule has 4 heteroatoms. The maximum absolute atomic E-state index is 5.67. The molecule has 0 aliphatic carbocycles. The van der Waals surface area contributed by atoms with E-state index in [4.69, 9.17) is 11.6 Å². The quantitative estimate of drug-likeness (QED) is 0.730. The molecule has 66 valence electrons. The van der Waals surface area contributed by atoms with Gasteiger partial charge in [-0.3, -0.25) is 9.67 Å². The molecular weight excluding hydrogens is 186 g/mol. The van der Waals surface area contributed by atoms with Gasteiger partial charge < -0.3 is 0 Å². The van der Waals surface area contributed by atoms with Crippen molar-refractivity contribution in [2.24, 2.45) is 0 Å². The second kappa shape index (κ2) is 3.58. The van der Waals surface area contributed by atoms with Crippen molar-refractivity contribution in [2.45, 2.75) is 6.54 Å². The van der Waals surface area contributed by atoms with Crippen LogP contribution in [0.2, 0.25) is 5.15 Å². The van der Waals surface area contributed by atoms with Crippen LogP contribution in [-0.2, 0) is 6.54 Å². The molecule has 0 amide bonds. The summed E-state index contributed by atoms with van der Waals surface area (Å²) in [6, 6.07) is 7.55. The standard InChI is InChI=1S/C9H8ClN3/c10-9-4-6-13(12-9)7-8-3-1-2-5-11-8/h1-6H,7H2. The molecule has 0 aromatic carbocycles. The lowest BCUT2D eigenvalue weighted by Crippen LogP contribution is -2.01. The Kier molecular flexibility index (Phi) is 2.27. The summed E-state index contributed by atoms with van der Waals surface area (Å²) in [6.07, 6.45) is 3.59. The molecule has 0 saturated carbocycles. The van der Waals surface area contributed by atoms with Gasteiger partial charge in [-0.05, 0) is 18.2 Å². The number of pyridine rings is 1. The third kappa shape index (κ3) is 2.06. The molecular formula is C9H8ClN3. The highest BCUT2D eigenvalue weighted by Gasteiger charge is 1.96. The fourth-order valence-corrected chi connectivity index (χ4v) is 1.24. The molecule has 0 aliphatic heterocycles. The fraction of sp³-hybridized carbons (Fsp3) is 0.111. The molecule has 0 fully saturated rings. The van der Waals surface area contributed by atoms with Crippen LogP contribution in [0.25, 0.3) is 0 Å². The molecule has 2 aromatic heterocycles. The number of nitrogens with zero attached hydrogens (tertiary/aromatic N) is 3. The maximum atomic E-state index is 5.67. The predicted molar refractivity (Wildman–Crippen MR) is 50.6 cm³/mol. The van der Waals surface area contributed by atoms with E-state index in [2.05, 4.69) is 10.1 Å². The highest BCUT2D eigenvalue weighted by molar-refractivity contribution is 6.29. The van der Waals surface area contributed by atoms with E-state index in [1.165, 1.54) is 0 Å². The van der Waals surface area contributed by atoms with E-state index in [9.17, 15) is 0 Å². The minimum atomic E-state index is 0.510. The largest absolute Gasteiger partial charge is 0.265 e. The number of aromatic nitrogens is 3. The summed E-state index contributed by atoms with van der Waals surface area (Å²) in [5.74, 6) is 0. The van der Waals surface area contributed by atoms with Crippen LogP contribution in [0.15, 0.2) is 36.7 Å². The van der Waals surface area contributed by atoms with Crippen LogP contribution in [-0.4, -0.2) is 14.8 Å². The summed E-state index contributed by atoms with van der Waals surface area (Å²) >= 11 is 5.67. The molecule has 0 saturated heterocycles. The summed E-state index contributed by atoms with van der Waals surface area (Å²) in [4.78, 5) is 4.18. The second-order valence-electron chi connectivity index (χ2n) is 2.66. The van der Waals surface area contributed by atoms with Gasteiger partial charge in [0.15, 0.2) is 5.15 Å². The van der Waals surface area contributed by atoms with Crippen LogP contribution < -0.4 is 0 Å². The van der Waals surface area contributed by atoms with Gasteiger partial charge in [0, 0.05) is 12.4 Å². The van der Waals surface area contributed by atoms with Crippen molar-refractivity contribution in [3.05, 3.63) is 47.5 Å². The zero-order chi connectivity index (χ0) is 9.10. The first kappa shape index (κ1) is 8.26. The zero-order valence-corrected chi connectivity index (χ0v) is 7.65. The first-order chi connectivity index (χ1) is 6.34. The maximum Gasteiger partial charge on any atom is 0.151 e. The lowest BCUT2D eigenvalue weighted by Gasteiger charge is -1.98. The van der Waals surface area contributed by atoms with Crippen molar-refractivity contribution in [2.75, 3.05) is 0 Å². The van der Waals surface area contributed by atoms with Crippen molar-refractivity contribution in [3.63, 3.8) is 0 Å². The summed E-state index contributed by atoms with van der Waals surface area (Å²) in [7, 11) is 0. The molecule has 0 unspecified atom stereocenters. The Balaban J connectivity index is 2.15. The zero-order valence-electron chi connectivity index (χ0n) is 6.89. The Labute approximate surface area is 81.0 Å². The van der Waals surface area contributed by atoms with Crippen LogP contribution in [0.4, 0.5) is 0 Å². The SMILES string of the molecule is Clc1ccn(Cc2ccccn2)n1. The Hall–Kier alpha value is -1.35. The molecule has 0 bridgehead atoms. The predicted octanol–water partition coefficient (Wildman–Crippen LogP) is 1.98. The Morgan fingerprint density at radius 1 is 1.31 bits per heavy atom.